The third-order valence-electron chi connectivity index (χ3n) is 4.35. The zero-order valence-corrected chi connectivity index (χ0v) is 17.4. The Morgan fingerprint density at radius 3 is 2.69 bits per heavy atom. The minimum Gasteiger partial charge on any atom is -0.444 e. The molecule has 0 radical (unpaired) electrons. The number of fused-ring (bicyclic) bond motifs is 1. The lowest BCUT2D eigenvalue weighted by Crippen LogP contribution is -2.50. The van der Waals surface area contributed by atoms with Gasteiger partial charge in [-0.05, 0) is 49.5 Å². The molecule has 1 amide bonds. The second-order valence-electron chi connectivity index (χ2n) is 7.64. The first-order valence-corrected chi connectivity index (χ1v) is 10.1. The second-order valence-corrected chi connectivity index (χ2v) is 9.84. The molecule has 0 aliphatic carbocycles. The zero-order chi connectivity index (χ0) is 19.1. The maximum atomic E-state index is 12.6. The summed E-state index contributed by atoms with van der Waals surface area (Å²) in [6, 6.07) is 0. The summed E-state index contributed by atoms with van der Waals surface area (Å²) in [7, 11) is 0. The number of amides is 1. The highest BCUT2D eigenvalue weighted by Gasteiger charge is 2.36. The fourth-order valence-electron chi connectivity index (χ4n) is 2.95. The molecular formula is C17H22BrN3O4S. The summed E-state index contributed by atoms with van der Waals surface area (Å²) < 4.78 is 7.64. The quantitative estimate of drug-likeness (QED) is 0.770. The van der Waals surface area contributed by atoms with E-state index in [1.165, 1.54) is 22.2 Å². The van der Waals surface area contributed by atoms with Crippen molar-refractivity contribution in [3.05, 3.63) is 25.8 Å². The van der Waals surface area contributed by atoms with Crippen LogP contribution in [0, 0.1) is 0 Å². The molecule has 1 saturated heterocycles. The number of nitrogens with zero attached hydrogens (tertiary/aromatic N) is 3. The number of ether oxygens (including phenoxy) is 1. The van der Waals surface area contributed by atoms with Crippen molar-refractivity contribution in [1.82, 2.24) is 14.5 Å². The van der Waals surface area contributed by atoms with Crippen molar-refractivity contribution in [1.29, 1.82) is 0 Å². The summed E-state index contributed by atoms with van der Waals surface area (Å²) in [6.07, 6.45) is 1.86. The number of thiophene rings is 1. The fourth-order valence-corrected chi connectivity index (χ4v) is 4.26. The monoisotopic (exact) mass is 443 g/mol. The van der Waals surface area contributed by atoms with Gasteiger partial charge in [0, 0.05) is 18.5 Å². The average Bonchev–Trinajstić information content (AvgIpc) is 2.91. The lowest BCUT2D eigenvalue weighted by atomic mass is 9.91. The Morgan fingerprint density at radius 1 is 1.42 bits per heavy atom. The molecular weight excluding hydrogens is 422 g/mol. The Hall–Kier alpha value is -1.45. The summed E-state index contributed by atoms with van der Waals surface area (Å²) in [4.78, 5) is 30.6. The van der Waals surface area contributed by atoms with Gasteiger partial charge in [0.25, 0.3) is 5.56 Å². The number of likely N-dealkylation sites (tertiary alicyclic amines) is 1. The highest BCUT2D eigenvalue weighted by atomic mass is 79.9. The molecule has 142 valence electrons. The maximum absolute atomic E-state index is 12.6. The van der Waals surface area contributed by atoms with E-state index in [1.54, 1.807) is 10.3 Å². The third-order valence-corrected chi connectivity index (χ3v) is 6.04. The summed E-state index contributed by atoms with van der Waals surface area (Å²) in [5.74, 6) is 0. The van der Waals surface area contributed by atoms with Crippen molar-refractivity contribution in [2.75, 3.05) is 13.1 Å². The maximum Gasteiger partial charge on any atom is 0.410 e. The van der Waals surface area contributed by atoms with Crippen molar-refractivity contribution in [3.63, 3.8) is 0 Å². The number of aromatic nitrogens is 2. The van der Waals surface area contributed by atoms with Crippen molar-refractivity contribution < 1.29 is 14.6 Å². The molecule has 7 nitrogen and oxygen atoms in total. The van der Waals surface area contributed by atoms with Crippen LogP contribution in [0.5, 0.6) is 0 Å². The first kappa shape index (κ1) is 19.3. The Balaban J connectivity index is 1.69. The summed E-state index contributed by atoms with van der Waals surface area (Å²) >= 11 is 4.80. The largest absolute Gasteiger partial charge is 0.444 e. The van der Waals surface area contributed by atoms with E-state index in [0.29, 0.717) is 36.8 Å². The van der Waals surface area contributed by atoms with E-state index in [2.05, 4.69) is 20.9 Å². The predicted octanol–water partition coefficient (Wildman–Crippen LogP) is 2.98. The average molecular weight is 444 g/mol. The van der Waals surface area contributed by atoms with Crippen LogP contribution in [0.4, 0.5) is 4.79 Å². The van der Waals surface area contributed by atoms with E-state index in [9.17, 15) is 14.7 Å². The Kier molecular flexibility index (Phi) is 5.15. The van der Waals surface area contributed by atoms with Gasteiger partial charge in [0.05, 0.1) is 27.6 Å². The number of carbonyl (C=O) groups is 1. The molecule has 0 aromatic carbocycles. The minimum absolute atomic E-state index is 0.157. The number of hydrogen-bond acceptors (Lipinski definition) is 6. The fraction of sp³-hybridized carbons (Fsp3) is 0.588. The molecule has 1 N–H and O–H groups in total. The minimum atomic E-state index is -1.05. The molecule has 0 unspecified atom stereocenters. The van der Waals surface area contributed by atoms with Crippen LogP contribution in [-0.4, -0.2) is 49.9 Å². The number of piperidine rings is 1. The molecule has 1 aliphatic heterocycles. The van der Waals surface area contributed by atoms with Crippen LogP contribution in [0.25, 0.3) is 10.9 Å². The zero-order valence-electron chi connectivity index (χ0n) is 15.0. The standard InChI is InChI=1S/C17H22BrN3O4S/c1-16(2,3)25-15(23)20-6-4-17(24,5-7-20)9-21-10-19-12-11(14(21)22)8-26-13(12)18/h8,10,24H,4-7,9H2,1-3H3. The van der Waals surface area contributed by atoms with E-state index in [-0.39, 0.29) is 18.2 Å². The highest BCUT2D eigenvalue weighted by Crippen LogP contribution is 2.28. The molecule has 0 spiro atoms. The molecule has 0 bridgehead atoms. The van der Waals surface area contributed by atoms with Crippen LogP contribution in [0.15, 0.2) is 20.3 Å². The number of aliphatic hydroxyl groups is 1. The Morgan fingerprint density at radius 2 is 2.08 bits per heavy atom. The van der Waals surface area contributed by atoms with E-state index < -0.39 is 11.2 Å². The van der Waals surface area contributed by atoms with Crippen molar-refractivity contribution >= 4 is 44.3 Å². The topological polar surface area (TPSA) is 84.7 Å². The van der Waals surface area contributed by atoms with Crippen LogP contribution in [0.3, 0.4) is 0 Å². The van der Waals surface area contributed by atoms with Gasteiger partial charge in [-0.1, -0.05) is 0 Å². The van der Waals surface area contributed by atoms with E-state index in [0.717, 1.165) is 3.79 Å². The summed E-state index contributed by atoms with van der Waals surface area (Å²) in [5, 5.41) is 13.2. The van der Waals surface area contributed by atoms with E-state index >= 15 is 0 Å². The number of carbonyl (C=O) groups excluding carboxylic acids is 1. The van der Waals surface area contributed by atoms with Crippen LogP contribution >= 0.6 is 27.3 Å². The van der Waals surface area contributed by atoms with Crippen LogP contribution in [0.2, 0.25) is 0 Å². The molecule has 0 atom stereocenters. The molecule has 3 heterocycles. The van der Waals surface area contributed by atoms with Gasteiger partial charge in [-0.15, -0.1) is 11.3 Å². The van der Waals surface area contributed by atoms with Crippen LogP contribution < -0.4 is 5.56 Å². The van der Waals surface area contributed by atoms with E-state index in [1.807, 2.05) is 20.8 Å². The lowest BCUT2D eigenvalue weighted by molar-refractivity contribution is -0.0419. The van der Waals surface area contributed by atoms with Gasteiger partial charge in [0.1, 0.15) is 11.1 Å². The molecule has 1 aliphatic rings. The Labute approximate surface area is 163 Å². The molecule has 1 fully saturated rings. The Bertz CT molecular complexity index is 878. The second kappa shape index (κ2) is 6.94. The molecule has 9 heteroatoms. The molecule has 2 aromatic heterocycles. The normalized spacial score (nSPS) is 17.5. The predicted molar refractivity (Wildman–Crippen MR) is 104 cm³/mol. The van der Waals surface area contributed by atoms with Gasteiger partial charge in [-0.25, -0.2) is 9.78 Å². The van der Waals surface area contributed by atoms with Gasteiger partial charge < -0.3 is 14.7 Å². The van der Waals surface area contributed by atoms with Gasteiger partial charge in [-0.2, -0.15) is 0 Å². The molecule has 2 aromatic rings. The lowest BCUT2D eigenvalue weighted by Gasteiger charge is -2.38. The van der Waals surface area contributed by atoms with Crippen LogP contribution in [0.1, 0.15) is 33.6 Å². The molecule has 0 saturated carbocycles. The molecule has 26 heavy (non-hydrogen) atoms. The first-order valence-electron chi connectivity index (χ1n) is 8.40. The number of hydrogen-bond donors (Lipinski definition) is 1. The SMILES string of the molecule is CC(C)(C)OC(=O)N1CCC(O)(Cn2cnc3c(Br)scc3c2=O)CC1. The van der Waals surface area contributed by atoms with Gasteiger partial charge in [-0.3, -0.25) is 9.36 Å². The van der Waals surface area contributed by atoms with Gasteiger partial charge >= 0.3 is 6.09 Å². The van der Waals surface area contributed by atoms with Crippen molar-refractivity contribution in [2.45, 2.75) is 51.4 Å². The van der Waals surface area contributed by atoms with Crippen molar-refractivity contribution in [3.8, 4) is 0 Å². The highest BCUT2D eigenvalue weighted by molar-refractivity contribution is 9.11. The van der Waals surface area contributed by atoms with Gasteiger partial charge in [0.15, 0.2) is 0 Å². The van der Waals surface area contributed by atoms with E-state index in [4.69, 9.17) is 4.74 Å². The molecule has 3 rings (SSSR count). The smallest absolute Gasteiger partial charge is 0.410 e. The van der Waals surface area contributed by atoms with Crippen LogP contribution in [-0.2, 0) is 11.3 Å². The van der Waals surface area contributed by atoms with Gasteiger partial charge in [0.2, 0.25) is 0 Å². The summed E-state index contributed by atoms with van der Waals surface area (Å²) in [6.45, 7) is 6.40. The summed E-state index contributed by atoms with van der Waals surface area (Å²) in [5.41, 5.74) is -1.12. The first-order chi connectivity index (χ1) is 12.1. The number of halogens is 1. The third kappa shape index (κ3) is 4.10. The number of rotatable bonds is 2. The van der Waals surface area contributed by atoms with Crippen molar-refractivity contribution in [2.24, 2.45) is 0 Å².